The summed E-state index contributed by atoms with van der Waals surface area (Å²) in [6.45, 7) is 4.78. The van der Waals surface area contributed by atoms with Crippen molar-refractivity contribution in [2.45, 2.75) is 94.7 Å². The number of hydrogen-bond donors (Lipinski definition) is 10. The van der Waals surface area contributed by atoms with Crippen molar-refractivity contribution in [2.24, 2.45) is 5.92 Å². The van der Waals surface area contributed by atoms with Crippen molar-refractivity contribution in [1.82, 2.24) is 15.6 Å². The second kappa shape index (κ2) is 18.2. The van der Waals surface area contributed by atoms with Gasteiger partial charge in [-0.1, -0.05) is 38.3 Å². The Morgan fingerprint density at radius 2 is 1.75 bits per heavy atom. The number of nitrogens with one attached hydrogen (secondary N) is 3. The van der Waals surface area contributed by atoms with Gasteiger partial charge in [-0.05, 0) is 85.0 Å². The van der Waals surface area contributed by atoms with Crippen molar-refractivity contribution in [3.05, 3.63) is 105 Å². The number of benzene rings is 3. The first-order chi connectivity index (χ1) is 30.7. The van der Waals surface area contributed by atoms with Crippen molar-refractivity contribution in [3.63, 3.8) is 0 Å². The van der Waals surface area contributed by atoms with Gasteiger partial charge in [-0.3, -0.25) is 10.1 Å². The number of phenolic OH excluding ortho intramolecular Hbond substituents is 2. The molecule has 2 aliphatic heterocycles. The molecule has 17 heteroatoms. The quantitative estimate of drug-likeness (QED) is 0.0463. The third-order valence-electron chi connectivity index (χ3n) is 12.3. The molecule has 2 bridgehead atoms. The van der Waals surface area contributed by atoms with Gasteiger partial charge < -0.3 is 70.0 Å². The molecule has 7 atom stereocenters. The lowest BCUT2D eigenvalue weighted by molar-refractivity contribution is -0.344. The minimum absolute atomic E-state index is 0.0214. The third kappa shape index (κ3) is 8.49. The summed E-state index contributed by atoms with van der Waals surface area (Å²) < 4.78 is 30.6. The first-order valence-electron chi connectivity index (χ1n) is 21.5. The number of anilines is 1. The summed E-state index contributed by atoms with van der Waals surface area (Å²) in [7, 11) is 0. The molecule has 0 radical (unpaired) electrons. The molecular formula is C47H54N4O13. The summed E-state index contributed by atoms with van der Waals surface area (Å²) in [5, 5.41) is 76.0. The van der Waals surface area contributed by atoms with E-state index in [1.54, 1.807) is 42.5 Å². The van der Waals surface area contributed by atoms with E-state index in [1.165, 1.54) is 24.3 Å². The maximum absolute atomic E-state index is 13.9. The smallest absolute Gasteiger partial charge is 0.336 e. The Balaban J connectivity index is 1.19. The number of aromatic amines is 1. The monoisotopic (exact) mass is 882 g/mol. The highest BCUT2D eigenvalue weighted by molar-refractivity contribution is 5.89. The van der Waals surface area contributed by atoms with Gasteiger partial charge in [0.2, 0.25) is 12.0 Å². The van der Waals surface area contributed by atoms with Crippen LogP contribution in [0.4, 0.5) is 5.82 Å². The number of aliphatic carboxylic acids is 1. The van der Waals surface area contributed by atoms with E-state index in [0.29, 0.717) is 73.8 Å². The third-order valence-corrected chi connectivity index (χ3v) is 12.3. The van der Waals surface area contributed by atoms with E-state index in [1.807, 2.05) is 19.9 Å². The van der Waals surface area contributed by atoms with E-state index in [0.717, 1.165) is 24.1 Å². The minimum Gasteiger partial charge on any atom is -0.508 e. The number of H-pyrrole nitrogens is 1. The van der Waals surface area contributed by atoms with E-state index in [-0.39, 0.29) is 34.8 Å². The van der Waals surface area contributed by atoms with Crippen LogP contribution in [0.5, 0.6) is 28.7 Å². The van der Waals surface area contributed by atoms with Gasteiger partial charge in [0, 0.05) is 55.0 Å². The molecule has 0 saturated carbocycles. The molecule has 3 aliphatic rings. The number of aromatic nitrogens is 1. The fraction of sp³-hybridized carbons (Fsp3) is 0.404. The molecule has 5 aromatic rings. The van der Waals surface area contributed by atoms with Crippen LogP contribution in [0.3, 0.4) is 0 Å². The zero-order valence-electron chi connectivity index (χ0n) is 35.5. The summed E-state index contributed by atoms with van der Waals surface area (Å²) in [4.78, 5) is 30.0. The predicted octanol–water partition coefficient (Wildman–Crippen LogP) is 4.21. The van der Waals surface area contributed by atoms with E-state index in [2.05, 4.69) is 15.6 Å². The fourth-order valence-electron chi connectivity index (χ4n) is 9.18. The number of aliphatic hydroxyl groups excluding tert-OH is 1. The topological polar surface area (TPSA) is 271 Å². The number of aliphatic hydroxyl groups is 3. The second-order valence-electron chi connectivity index (χ2n) is 16.7. The number of nitrogen functional groups attached to an aromatic ring is 1. The van der Waals surface area contributed by atoms with Crippen molar-refractivity contribution < 1.29 is 58.8 Å². The molecule has 0 amide bonds. The standard InChI is InChI=1S/C47H54N4O13/c1-3-5-6-7-28-21-46(58)44(57)47(59,39(28)32-22-49-24-50-32)42(43(55)56)64-45(46)63-36-20-35-38(40(54)41(36)61-23-26-16-25(4-2)17-30(52)18-26)33(53)19-34(62-35)27-8-11-31(12-9-27)60-15-14-29-10-13-37(48)51-29/h8-13,16-21,32,39,42,44-45,49-52,54,57-59H,3-7,14-15,22-24,48H2,1-2H3,(H,55,56)/t32-,39+,42+,44-,45+,46+,47+/m0/s1. The van der Waals surface area contributed by atoms with E-state index in [4.69, 9.17) is 29.1 Å². The van der Waals surface area contributed by atoms with Gasteiger partial charge in [-0.15, -0.1) is 0 Å². The predicted molar refractivity (Wildman–Crippen MR) is 234 cm³/mol. The lowest BCUT2D eigenvalue weighted by atomic mass is 9.59. The highest BCUT2D eigenvalue weighted by Crippen LogP contribution is 2.52. The number of aryl methyl sites for hydroxylation is 1. The van der Waals surface area contributed by atoms with Crippen molar-refractivity contribution in [1.29, 1.82) is 0 Å². The number of carbonyl (C=O) groups is 1. The molecule has 2 fully saturated rings. The van der Waals surface area contributed by atoms with Gasteiger partial charge in [-0.25, -0.2) is 4.79 Å². The molecule has 0 unspecified atom stereocenters. The Morgan fingerprint density at radius 3 is 2.44 bits per heavy atom. The second-order valence-corrected chi connectivity index (χ2v) is 16.7. The number of carboxylic acid groups (broad SMARTS) is 1. The van der Waals surface area contributed by atoms with Crippen molar-refractivity contribution >= 4 is 22.8 Å². The number of fused-ring (bicyclic) bond motifs is 3. The Morgan fingerprint density at radius 1 is 0.969 bits per heavy atom. The molecule has 340 valence electrons. The van der Waals surface area contributed by atoms with Gasteiger partial charge in [0.15, 0.2) is 28.6 Å². The summed E-state index contributed by atoms with van der Waals surface area (Å²) in [6, 6.07) is 17.2. The number of rotatable bonds is 17. The van der Waals surface area contributed by atoms with E-state index >= 15 is 0 Å². The molecule has 8 rings (SSSR count). The van der Waals surface area contributed by atoms with Gasteiger partial charge in [0.25, 0.3) is 0 Å². The fourth-order valence-corrected chi connectivity index (χ4v) is 9.18. The normalized spacial score (nSPS) is 25.3. The Labute approximate surface area is 368 Å². The molecule has 1 aliphatic carbocycles. The van der Waals surface area contributed by atoms with Crippen LogP contribution in [0.2, 0.25) is 0 Å². The van der Waals surface area contributed by atoms with E-state index in [9.17, 15) is 40.2 Å². The summed E-state index contributed by atoms with van der Waals surface area (Å²) in [5.41, 5.74) is 3.09. The largest absolute Gasteiger partial charge is 0.508 e. The maximum atomic E-state index is 13.9. The number of phenols is 2. The SMILES string of the molecule is CCCCCC1=C[C@]2(O)[C@H](Oc3cc4oc(-c5ccc(OCCc6ccc(N)[nH]6)cc5)cc(=O)c4c(O)c3OCc3cc(O)cc(CC)c3)O[C@H](C(=O)O)[C@](O)([C@H]1[C@@H]1CNCN1)[C@H]2O. The van der Waals surface area contributed by atoms with Crippen LogP contribution in [0.15, 0.2) is 87.6 Å². The molecule has 4 heterocycles. The van der Waals surface area contributed by atoms with Crippen molar-refractivity contribution in [3.8, 4) is 40.1 Å². The van der Waals surface area contributed by atoms with Crippen LogP contribution in [0, 0.1) is 5.92 Å². The van der Waals surface area contributed by atoms with Gasteiger partial charge >= 0.3 is 5.97 Å². The molecule has 11 N–H and O–H groups in total. The Hall–Kier alpha value is -6.08. The van der Waals surface area contributed by atoms with Gasteiger partial charge in [0.1, 0.15) is 52.4 Å². The summed E-state index contributed by atoms with van der Waals surface area (Å²) >= 11 is 0. The lowest BCUT2D eigenvalue weighted by Gasteiger charge is -2.58. The average molecular weight is 883 g/mol. The number of hydrogen-bond acceptors (Lipinski definition) is 15. The molecule has 64 heavy (non-hydrogen) atoms. The van der Waals surface area contributed by atoms with Crippen LogP contribution in [0.25, 0.3) is 22.3 Å². The first-order valence-corrected chi connectivity index (χ1v) is 21.5. The first kappa shape index (κ1) is 44.5. The molecule has 3 aromatic carbocycles. The number of carboxylic acids is 1. The van der Waals surface area contributed by atoms with Crippen LogP contribution in [-0.2, 0) is 29.0 Å². The number of nitrogens with two attached hydrogens (primary N) is 1. The van der Waals surface area contributed by atoms with Crippen LogP contribution in [0.1, 0.15) is 56.4 Å². The summed E-state index contributed by atoms with van der Waals surface area (Å²) in [5.74, 6) is -2.85. The number of aromatic hydroxyl groups is 2. The van der Waals surface area contributed by atoms with E-state index < -0.39 is 64.6 Å². The van der Waals surface area contributed by atoms with Crippen molar-refractivity contribution in [2.75, 3.05) is 25.6 Å². The number of ether oxygens (including phenoxy) is 4. The zero-order chi connectivity index (χ0) is 45.3. The Bertz CT molecular complexity index is 2590. The lowest BCUT2D eigenvalue weighted by Crippen LogP contribution is -2.79. The molecule has 17 nitrogen and oxygen atoms in total. The van der Waals surface area contributed by atoms with Gasteiger partial charge in [0.05, 0.1) is 6.61 Å². The van der Waals surface area contributed by atoms with Crippen LogP contribution >= 0.6 is 0 Å². The molecule has 2 aromatic heterocycles. The highest BCUT2D eigenvalue weighted by Gasteiger charge is 2.71. The molecule has 2 saturated heterocycles. The minimum atomic E-state index is -2.55. The zero-order valence-corrected chi connectivity index (χ0v) is 35.5. The molecular weight excluding hydrogens is 829 g/mol. The highest BCUT2D eigenvalue weighted by atomic mass is 16.7. The maximum Gasteiger partial charge on any atom is 0.336 e. The Kier molecular flexibility index (Phi) is 12.7. The van der Waals surface area contributed by atoms with Crippen LogP contribution in [-0.4, -0.2) is 97.2 Å². The van der Waals surface area contributed by atoms with Crippen LogP contribution < -0.4 is 36.0 Å². The number of unbranched alkanes of at least 4 members (excludes halogenated alkanes) is 2. The molecule has 0 spiro atoms. The average Bonchev–Trinajstić information content (AvgIpc) is 3.95. The summed E-state index contributed by atoms with van der Waals surface area (Å²) in [6.07, 6.45) is -1.02. The van der Waals surface area contributed by atoms with Gasteiger partial charge in [-0.2, -0.15) is 0 Å².